The molecular weight excluding hydrogens is 399 g/mol. The molecule has 0 fully saturated rings. The predicted molar refractivity (Wildman–Crippen MR) is 119 cm³/mol. The Bertz CT molecular complexity index is 922. The van der Waals surface area contributed by atoms with Crippen molar-refractivity contribution in [1.82, 2.24) is 14.7 Å². The lowest BCUT2D eigenvalue weighted by molar-refractivity contribution is 0.287. The van der Waals surface area contributed by atoms with Crippen molar-refractivity contribution in [1.29, 1.82) is 0 Å². The highest BCUT2D eigenvalue weighted by molar-refractivity contribution is 7.99. The van der Waals surface area contributed by atoms with Gasteiger partial charge in [-0.3, -0.25) is 4.68 Å². The van der Waals surface area contributed by atoms with Gasteiger partial charge in [-0.1, -0.05) is 49.9 Å². The highest BCUT2D eigenvalue weighted by Crippen LogP contribution is 2.48. The molecule has 146 valence electrons. The van der Waals surface area contributed by atoms with Crippen LogP contribution in [0.1, 0.15) is 19.4 Å². The molecule has 0 unspecified atom stereocenters. The fourth-order valence-corrected chi connectivity index (χ4v) is 4.78. The third kappa shape index (κ3) is 3.84. The number of halogens is 2. The summed E-state index contributed by atoms with van der Waals surface area (Å²) in [5, 5.41) is 6.28. The van der Waals surface area contributed by atoms with Crippen LogP contribution in [0, 0.1) is 0 Å². The Hall–Kier alpha value is -1.24. The van der Waals surface area contributed by atoms with Gasteiger partial charge in [0.05, 0.1) is 12.1 Å². The van der Waals surface area contributed by atoms with Crippen LogP contribution in [0.5, 0.6) is 0 Å². The Morgan fingerprint density at radius 3 is 2.52 bits per heavy atom. The summed E-state index contributed by atoms with van der Waals surface area (Å²) in [5.74, 6) is 0. The molecule has 4 nitrogen and oxygen atoms in total. The Labute approximate surface area is 177 Å². The zero-order valence-electron chi connectivity index (χ0n) is 15.6. The molecule has 0 bridgehead atoms. The normalized spacial score (nSPS) is 11.9. The van der Waals surface area contributed by atoms with Crippen LogP contribution >= 0.6 is 36.6 Å². The molecule has 0 saturated carbocycles. The molecule has 3 aromatic rings. The van der Waals surface area contributed by atoms with Gasteiger partial charge in [-0.25, -0.2) is 0 Å². The Morgan fingerprint density at radius 2 is 1.81 bits per heavy atom. The molecule has 0 radical (unpaired) electrons. The monoisotopic (exact) mass is 424 g/mol. The van der Waals surface area contributed by atoms with Gasteiger partial charge in [0.1, 0.15) is 5.69 Å². The van der Waals surface area contributed by atoms with Gasteiger partial charge in [-0.15, -0.1) is 24.8 Å². The van der Waals surface area contributed by atoms with Crippen molar-refractivity contribution in [3.8, 4) is 11.3 Å². The van der Waals surface area contributed by atoms with Crippen LogP contribution in [0.15, 0.2) is 46.2 Å². The Balaban J connectivity index is 0.00000131. The van der Waals surface area contributed by atoms with E-state index in [4.69, 9.17) is 10.8 Å². The van der Waals surface area contributed by atoms with Crippen molar-refractivity contribution in [3.63, 3.8) is 0 Å². The van der Waals surface area contributed by atoms with E-state index in [2.05, 4.69) is 59.8 Å². The third-order valence-electron chi connectivity index (χ3n) is 5.05. The number of nitrogens with two attached hydrogens (primary N) is 1. The molecule has 7 heteroatoms. The van der Waals surface area contributed by atoms with Crippen LogP contribution in [0.25, 0.3) is 22.2 Å². The topological polar surface area (TPSA) is 47.1 Å². The summed E-state index contributed by atoms with van der Waals surface area (Å²) in [4.78, 5) is 4.99. The van der Waals surface area contributed by atoms with Crippen LogP contribution in [0.2, 0.25) is 0 Å². The highest BCUT2D eigenvalue weighted by atomic mass is 35.5. The molecule has 1 aliphatic heterocycles. The van der Waals surface area contributed by atoms with Crippen LogP contribution in [0.3, 0.4) is 0 Å². The molecule has 0 atom stereocenters. The summed E-state index contributed by atoms with van der Waals surface area (Å²) >= 11 is 1.83. The third-order valence-corrected chi connectivity index (χ3v) is 6.30. The SMILES string of the molecule is CCN(CC)CCn1nc2c3c(c(CN)ccc31)Sc1ccccc1-2.Cl.Cl. The van der Waals surface area contributed by atoms with Gasteiger partial charge >= 0.3 is 0 Å². The fraction of sp³-hybridized carbons (Fsp3) is 0.350. The minimum absolute atomic E-state index is 0. The van der Waals surface area contributed by atoms with Crippen molar-refractivity contribution in [3.05, 3.63) is 42.0 Å². The number of hydrogen-bond acceptors (Lipinski definition) is 4. The second kappa shape index (κ2) is 9.30. The minimum Gasteiger partial charge on any atom is -0.326 e. The first-order valence-corrected chi connectivity index (χ1v) is 9.80. The molecule has 1 aromatic heterocycles. The van der Waals surface area contributed by atoms with Gasteiger partial charge in [0, 0.05) is 33.8 Å². The van der Waals surface area contributed by atoms with Crippen molar-refractivity contribution in [2.75, 3.05) is 19.6 Å². The smallest absolute Gasteiger partial charge is 0.102 e. The summed E-state index contributed by atoms with van der Waals surface area (Å²) in [6.45, 7) is 9.06. The number of fused-ring (bicyclic) bond motifs is 2. The summed E-state index contributed by atoms with van der Waals surface area (Å²) in [5.41, 5.74) is 10.8. The van der Waals surface area contributed by atoms with Crippen molar-refractivity contribution >= 4 is 47.5 Å². The van der Waals surface area contributed by atoms with Gasteiger partial charge in [0.25, 0.3) is 0 Å². The van der Waals surface area contributed by atoms with E-state index in [-0.39, 0.29) is 24.8 Å². The molecule has 2 N–H and O–H groups in total. The maximum Gasteiger partial charge on any atom is 0.102 e. The van der Waals surface area contributed by atoms with E-state index in [0.29, 0.717) is 6.54 Å². The predicted octanol–water partition coefficient (Wildman–Crippen LogP) is 4.81. The van der Waals surface area contributed by atoms with Crippen molar-refractivity contribution < 1.29 is 0 Å². The van der Waals surface area contributed by atoms with E-state index in [1.807, 2.05) is 11.8 Å². The van der Waals surface area contributed by atoms with Gasteiger partial charge < -0.3 is 10.6 Å². The number of rotatable bonds is 6. The second-order valence-electron chi connectivity index (χ2n) is 6.35. The molecule has 4 rings (SSSR count). The largest absolute Gasteiger partial charge is 0.326 e. The molecule has 0 amide bonds. The van der Waals surface area contributed by atoms with Crippen LogP contribution in [-0.2, 0) is 13.1 Å². The maximum atomic E-state index is 6.01. The van der Waals surface area contributed by atoms with Crippen LogP contribution < -0.4 is 5.73 Å². The first-order valence-electron chi connectivity index (χ1n) is 8.98. The lowest BCUT2D eigenvalue weighted by Gasteiger charge is -2.18. The lowest BCUT2D eigenvalue weighted by atomic mass is 10.0. The average molecular weight is 425 g/mol. The lowest BCUT2D eigenvalue weighted by Crippen LogP contribution is -2.27. The molecule has 0 spiro atoms. The summed E-state index contributed by atoms with van der Waals surface area (Å²) in [6, 6.07) is 12.9. The molecule has 1 aliphatic rings. The first kappa shape index (κ1) is 22.1. The van der Waals surface area contributed by atoms with Crippen molar-refractivity contribution in [2.24, 2.45) is 5.73 Å². The van der Waals surface area contributed by atoms with E-state index >= 15 is 0 Å². The number of likely N-dealkylation sites (N-methyl/N-ethyl adjacent to an activating group) is 1. The fourth-order valence-electron chi connectivity index (χ4n) is 3.56. The average Bonchev–Trinajstić information content (AvgIpc) is 3.03. The first-order chi connectivity index (χ1) is 12.3. The summed E-state index contributed by atoms with van der Waals surface area (Å²) < 4.78 is 2.18. The molecule has 2 aromatic carbocycles. The van der Waals surface area contributed by atoms with E-state index in [9.17, 15) is 0 Å². The van der Waals surface area contributed by atoms with Gasteiger partial charge in [-0.05, 0) is 30.8 Å². The summed E-state index contributed by atoms with van der Waals surface area (Å²) in [6.07, 6.45) is 0. The number of nitrogens with zero attached hydrogens (tertiary/aromatic N) is 3. The number of benzene rings is 2. The zero-order valence-corrected chi connectivity index (χ0v) is 18.1. The Kier molecular flexibility index (Phi) is 7.60. The number of aromatic nitrogens is 2. The molecule has 0 saturated heterocycles. The Morgan fingerprint density at radius 1 is 1.07 bits per heavy atom. The van der Waals surface area contributed by atoms with Gasteiger partial charge in [0.15, 0.2) is 0 Å². The zero-order chi connectivity index (χ0) is 17.4. The molecule has 0 aliphatic carbocycles. The molecule has 27 heavy (non-hydrogen) atoms. The molecular formula is C20H26Cl2N4S. The van der Waals surface area contributed by atoms with Crippen LogP contribution in [-0.4, -0.2) is 34.3 Å². The molecule has 2 heterocycles. The standard InChI is InChI=1S/C20H24N4S.2ClH/c1-3-23(4-2)11-12-24-16-10-9-14(13-21)20-18(16)19(22-24)15-7-5-6-8-17(15)25-20;;/h5-10H,3-4,11-13,21H2,1-2H3;2*1H. The minimum atomic E-state index is 0. The van der Waals surface area contributed by atoms with E-state index in [1.165, 1.54) is 31.8 Å². The maximum absolute atomic E-state index is 6.01. The quantitative estimate of drug-likeness (QED) is 0.482. The summed E-state index contributed by atoms with van der Waals surface area (Å²) in [7, 11) is 0. The van der Waals surface area contributed by atoms with E-state index < -0.39 is 0 Å². The highest BCUT2D eigenvalue weighted by Gasteiger charge is 2.25. The van der Waals surface area contributed by atoms with Crippen LogP contribution in [0.4, 0.5) is 0 Å². The number of hydrogen-bond donors (Lipinski definition) is 1. The van der Waals surface area contributed by atoms with Gasteiger partial charge in [0.2, 0.25) is 0 Å². The van der Waals surface area contributed by atoms with Gasteiger partial charge in [-0.2, -0.15) is 5.10 Å². The second-order valence-corrected chi connectivity index (χ2v) is 7.40. The van der Waals surface area contributed by atoms with Crippen molar-refractivity contribution in [2.45, 2.75) is 36.7 Å². The van der Waals surface area contributed by atoms with E-state index in [1.54, 1.807) is 0 Å². The van der Waals surface area contributed by atoms with E-state index in [0.717, 1.165) is 31.9 Å².